The predicted molar refractivity (Wildman–Crippen MR) is 33.0 cm³/mol. The molecule has 0 aromatic heterocycles. The summed E-state index contributed by atoms with van der Waals surface area (Å²) in [7, 11) is 0. The third-order valence-electron chi connectivity index (χ3n) is 1.32. The van der Waals surface area contributed by atoms with Crippen LogP contribution in [0.1, 0.15) is 26.2 Å². The summed E-state index contributed by atoms with van der Waals surface area (Å²) < 4.78 is 5.25. The van der Waals surface area contributed by atoms with E-state index in [2.05, 4.69) is 13.3 Å². The maximum atomic E-state index is 5.25. The van der Waals surface area contributed by atoms with E-state index in [0.29, 0.717) is 6.10 Å². The molecule has 1 unspecified atom stereocenters. The van der Waals surface area contributed by atoms with Crippen LogP contribution in [0.2, 0.25) is 0 Å². The molecule has 0 saturated carbocycles. The third kappa shape index (κ3) is 6.46. The normalized spacial score (nSPS) is 25.5. The molecule has 3 heteroatoms. The molecule has 1 atom stereocenters. The minimum Gasteiger partial charge on any atom is -0.552 e. The summed E-state index contributed by atoms with van der Waals surface area (Å²) in [6, 6.07) is 0. The van der Waals surface area contributed by atoms with E-state index >= 15 is 0 Å². The van der Waals surface area contributed by atoms with Gasteiger partial charge >= 0.3 is 0 Å². The van der Waals surface area contributed by atoms with Crippen molar-refractivity contribution in [2.45, 2.75) is 32.3 Å². The summed E-state index contributed by atoms with van der Waals surface area (Å²) in [5, 5.41) is 0. The van der Waals surface area contributed by atoms with Crippen LogP contribution in [-0.4, -0.2) is 6.10 Å². The van der Waals surface area contributed by atoms with Gasteiger partial charge in [0.15, 0.2) is 0 Å². The maximum Gasteiger partial charge on any atom is 0 e. The monoisotopic (exact) mass is 385 g/mol. The fraction of sp³-hybridized carbons (Fsp3) is 0.714. The summed E-state index contributed by atoms with van der Waals surface area (Å²) in [6.07, 6.45) is 6.08. The van der Waals surface area contributed by atoms with Crippen molar-refractivity contribution in [2.75, 3.05) is 0 Å². The van der Waals surface area contributed by atoms with Gasteiger partial charge in [0.2, 0.25) is 0 Å². The topological polar surface area (TPSA) is 9.23 Å². The Morgan fingerprint density at radius 1 is 1.40 bits per heavy atom. The first-order chi connectivity index (χ1) is 3.89. The van der Waals surface area contributed by atoms with Crippen LogP contribution in [0.3, 0.4) is 0 Å². The van der Waals surface area contributed by atoms with Crippen LogP contribution in [-0.2, 0) is 58.5 Å². The second kappa shape index (κ2) is 8.85. The molecule has 1 aliphatic heterocycles. The molecule has 1 nitrogen and oxygen atoms in total. The fourth-order valence-electron chi connectivity index (χ4n) is 0.826. The first kappa shape index (κ1) is 14.3. The molecular formula is C7H12OWY-2. The van der Waals surface area contributed by atoms with Crippen LogP contribution in [0, 0.1) is 13.0 Å². The maximum absolute atomic E-state index is 5.25. The van der Waals surface area contributed by atoms with Crippen molar-refractivity contribution in [1.29, 1.82) is 0 Å². The third-order valence-corrected chi connectivity index (χ3v) is 1.32. The van der Waals surface area contributed by atoms with Gasteiger partial charge in [-0.3, -0.25) is 0 Å². The number of hydrogen-bond acceptors (Lipinski definition) is 1. The van der Waals surface area contributed by atoms with Crippen molar-refractivity contribution in [3.8, 4) is 0 Å². The molecule has 57 valence electrons. The van der Waals surface area contributed by atoms with Crippen LogP contribution in [0.4, 0.5) is 0 Å². The zero-order valence-electron chi connectivity index (χ0n) is 6.25. The summed E-state index contributed by atoms with van der Waals surface area (Å²) in [5.74, 6) is 0. The van der Waals surface area contributed by atoms with Gasteiger partial charge in [0.1, 0.15) is 0 Å². The van der Waals surface area contributed by atoms with E-state index < -0.39 is 0 Å². The molecule has 0 spiro atoms. The number of hydrogen-bond donors (Lipinski definition) is 0. The SMILES string of the molecule is CC1C[CH-]CC[CH-]O1.[W].[Y]. The average molecular weight is 385 g/mol. The van der Waals surface area contributed by atoms with Crippen molar-refractivity contribution in [1.82, 2.24) is 0 Å². The smallest absolute Gasteiger partial charge is 0 e. The van der Waals surface area contributed by atoms with Gasteiger partial charge in [-0.05, 0) is 13.0 Å². The molecule has 1 heterocycles. The Hall–Kier alpha value is 1.75. The van der Waals surface area contributed by atoms with Gasteiger partial charge in [0, 0.05) is 53.8 Å². The quantitative estimate of drug-likeness (QED) is 0.580. The molecule has 0 aromatic rings. The Labute approximate surface area is 103 Å². The summed E-state index contributed by atoms with van der Waals surface area (Å²) >= 11 is 0. The van der Waals surface area contributed by atoms with Crippen molar-refractivity contribution in [2.24, 2.45) is 0 Å². The van der Waals surface area contributed by atoms with E-state index in [-0.39, 0.29) is 53.8 Å². The number of rotatable bonds is 0. The first-order valence-electron chi connectivity index (χ1n) is 3.18. The number of ether oxygens (including phenoxy) is 1. The molecule has 0 bridgehead atoms. The molecule has 0 amide bonds. The molecule has 1 rings (SSSR count). The largest absolute Gasteiger partial charge is 0.552 e. The molecule has 1 aliphatic rings. The van der Waals surface area contributed by atoms with Gasteiger partial charge in [0.25, 0.3) is 0 Å². The summed E-state index contributed by atoms with van der Waals surface area (Å²) in [4.78, 5) is 0. The van der Waals surface area contributed by atoms with E-state index in [4.69, 9.17) is 4.74 Å². The average Bonchev–Trinajstić information content (AvgIpc) is 1.94. The van der Waals surface area contributed by atoms with Crippen LogP contribution in [0.25, 0.3) is 0 Å². The molecule has 1 fully saturated rings. The van der Waals surface area contributed by atoms with E-state index in [9.17, 15) is 0 Å². The van der Waals surface area contributed by atoms with Gasteiger partial charge in [-0.1, -0.05) is 0 Å². The van der Waals surface area contributed by atoms with Gasteiger partial charge < -0.3 is 11.2 Å². The van der Waals surface area contributed by atoms with Crippen LogP contribution >= 0.6 is 0 Å². The van der Waals surface area contributed by atoms with E-state index in [1.165, 1.54) is 6.42 Å². The van der Waals surface area contributed by atoms with Crippen molar-refractivity contribution < 1.29 is 58.5 Å². The van der Waals surface area contributed by atoms with E-state index in [0.717, 1.165) is 12.8 Å². The molecule has 0 aromatic carbocycles. The summed E-state index contributed by atoms with van der Waals surface area (Å²) in [6.45, 7) is 4.01. The van der Waals surface area contributed by atoms with Gasteiger partial charge in [0.05, 0.1) is 0 Å². The summed E-state index contributed by atoms with van der Waals surface area (Å²) in [5.41, 5.74) is 0. The molecular weight excluding hydrogens is 373 g/mol. The molecule has 10 heavy (non-hydrogen) atoms. The van der Waals surface area contributed by atoms with E-state index in [1.54, 1.807) is 0 Å². The molecule has 1 radical (unpaired) electrons. The Morgan fingerprint density at radius 3 is 2.80 bits per heavy atom. The molecule has 0 aliphatic carbocycles. The van der Waals surface area contributed by atoms with Crippen molar-refractivity contribution >= 4 is 0 Å². The second-order valence-corrected chi connectivity index (χ2v) is 2.22. The predicted octanol–water partition coefficient (Wildman–Crippen LogP) is 1.94. The van der Waals surface area contributed by atoms with Gasteiger partial charge in [-0.25, -0.2) is 13.0 Å². The van der Waals surface area contributed by atoms with Crippen LogP contribution < -0.4 is 0 Å². The minimum absolute atomic E-state index is 0. The first-order valence-corrected chi connectivity index (χ1v) is 3.18. The molecule has 1 saturated heterocycles. The van der Waals surface area contributed by atoms with Crippen molar-refractivity contribution in [3.63, 3.8) is 0 Å². The zero-order chi connectivity index (χ0) is 5.82. The Morgan fingerprint density at radius 2 is 2.10 bits per heavy atom. The zero-order valence-corrected chi connectivity index (χ0v) is 12.0. The van der Waals surface area contributed by atoms with E-state index in [1.807, 2.05) is 6.61 Å². The van der Waals surface area contributed by atoms with Crippen molar-refractivity contribution in [3.05, 3.63) is 13.0 Å². The molecule has 0 N–H and O–H groups in total. The van der Waals surface area contributed by atoms with Gasteiger partial charge in [-0.15, -0.1) is 0 Å². The second-order valence-electron chi connectivity index (χ2n) is 2.22. The fourth-order valence-corrected chi connectivity index (χ4v) is 0.826. The minimum atomic E-state index is 0. The Bertz CT molecular complexity index is 62.6. The van der Waals surface area contributed by atoms with Crippen LogP contribution in [0.15, 0.2) is 0 Å². The van der Waals surface area contributed by atoms with Crippen LogP contribution in [0.5, 0.6) is 0 Å². The standard InChI is InChI=1S/C7H12O.W.Y/c1-7-5-3-2-4-6-8-7;;/h3,6-7H,2,4-5H2,1H3;;/q-2;;. The van der Waals surface area contributed by atoms with Gasteiger partial charge in [-0.2, -0.15) is 12.8 Å². The Kier molecular flexibility index (Phi) is 12.6. The Balaban J connectivity index is 0.